The van der Waals surface area contributed by atoms with Gasteiger partial charge in [-0.15, -0.1) is 11.3 Å². The van der Waals surface area contributed by atoms with Crippen LogP contribution < -0.4 is 5.56 Å². The van der Waals surface area contributed by atoms with Gasteiger partial charge in [0.2, 0.25) is 5.89 Å². The van der Waals surface area contributed by atoms with Crippen LogP contribution in [0, 0.1) is 5.82 Å². The number of rotatable bonds is 4. The smallest absolute Gasteiger partial charge is 0.263 e. The van der Waals surface area contributed by atoms with Crippen LogP contribution in [-0.2, 0) is 6.54 Å². The van der Waals surface area contributed by atoms with Crippen molar-refractivity contribution in [3.63, 3.8) is 0 Å². The van der Waals surface area contributed by atoms with Gasteiger partial charge in [-0.3, -0.25) is 9.36 Å². The van der Waals surface area contributed by atoms with Gasteiger partial charge in [0.05, 0.1) is 17.9 Å². The van der Waals surface area contributed by atoms with Crippen molar-refractivity contribution in [3.05, 3.63) is 93.5 Å². The number of halogens is 2. The van der Waals surface area contributed by atoms with E-state index in [2.05, 4.69) is 9.97 Å². The average molecular weight is 438 g/mol. The van der Waals surface area contributed by atoms with Crippen LogP contribution >= 0.6 is 22.9 Å². The van der Waals surface area contributed by atoms with E-state index in [1.165, 1.54) is 34.4 Å². The summed E-state index contributed by atoms with van der Waals surface area (Å²) in [7, 11) is 0. The highest BCUT2D eigenvalue weighted by atomic mass is 35.5. The standard InChI is InChI=1S/C22H13ClFN3O2S/c23-15-5-1-14(2-6-15)18-9-25-19(29-18)10-27-12-26-21-20(22(27)28)17(11-30-21)13-3-7-16(24)8-4-13/h1-9,11-12H,10H2. The van der Waals surface area contributed by atoms with E-state index in [0.717, 1.165) is 16.7 Å². The van der Waals surface area contributed by atoms with Gasteiger partial charge >= 0.3 is 0 Å². The summed E-state index contributed by atoms with van der Waals surface area (Å²) in [6, 6.07) is 13.3. The Morgan fingerprint density at radius 3 is 2.53 bits per heavy atom. The Labute approximate surface area is 179 Å². The zero-order valence-electron chi connectivity index (χ0n) is 15.4. The van der Waals surface area contributed by atoms with Crippen molar-refractivity contribution in [1.29, 1.82) is 0 Å². The van der Waals surface area contributed by atoms with Gasteiger partial charge in [0.1, 0.15) is 17.2 Å². The summed E-state index contributed by atoms with van der Waals surface area (Å²) in [6.45, 7) is 0.147. The third-order valence-electron chi connectivity index (χ3n) is 4.70. The lowest BCUT2D eigenvalue weighted by Gasteiger charge is -2.04. The predicted molar refractivity (Wildman–Crippen MR) is 115 cm³/mol. The maximum atomic E-state index is 13.3. The van der Waals surface area contributed by atoms with Gasteiger partial charge in [-0.05, 0) is 42.0 Å². The Balaban J connectivity index is 1.50. The van der Waals surface area contributed by atoms with E-state index in [4.69, 9.17) is 16.0 Å². The number of nitrogens with zero attached hydrogens (tertiary/aromatic N) is 3. The second-order valence-corrected chi connectivity index (χ2v) is 7.93. The zero-order chi connectivity index (χ0) is 20.7. The van der Waals surface area contributed by atoms with Crippen molar-refractivity contribution in [3.8, 4) is 22.5 Å². The number of thiophene rings is 1. The van der Waals surface area contributed by atoms with E-state index in [1.54, 1.807) is 30.5 Å². The first-order valence-corrected chi connectivity index (χ1v) is 10.3. The van der Waals surface area contributed by atoms with Crippen LogP contribution in [0.5, 0.6) is 0 Å². The molecule has 0 aliphatic rings. The van der Waals surface area contributed by atoms with Crippen molar-refractivity contribution in [2.45, 2.75) is 6.54 Å². The van der Waals surface area contributed by atoms with E-state index < -0.39 is 0 Å². The summed E-state index contributed by atoms with van der Waals surface area (Å²) in [5.41, 5.74) is 2.14. The molecule has 0 radical (unpaired) electrons. The summed E-state index contributed by atoms with van der Waals surface area (Å²) in [6.07, 6.45) is 3.10. The Bertz CT molecular complexity index is 1410. The van der Waals surface area contributed by atoms with Gasteiger partial charge in [0, 0.05) is 21.5 Å². The molecule has 0 saturated carbocycles. The maximum absolute atomic E-state index is 13.3. The highest BCUT2D eigenvalue weighted by molar-refractivity contribution is 7.17. The molecule has 8 heteroatoms. The molecule has 148 valence electrons. The minimum Gasteiger partial charge on any atom is -0.439 e. The summed E-state index contributed by atoms with van der Waals surface area (Å²) in [4.78, 5) is 22.5. The molecule has 0 amide bonds. The molecule has 0 unspecified atom stereocenters. The molecule has 5 rings (SSSR count). The molecular formula is C22H13ClFN3O2S. The normalized spacial score (nSPS) is 11.3. The SMILES string of the molecule is O=c1c2c(-c3ccc(F)cc3)csc2ncn1Cc1ncc(-c2ccc(Cl)cc2)o1. The lowest BCUT2D eigenvalue weighted by Crippen LogP contribution is -2.21. The van der Waals surface area contributed by atoms with Gasteiger partial charge in [-0.25, -0.2) is 14.4 Å². The molecule has 5 nitrogen and oxygen atoms in total. The molecule has 2 aromatic carbocycles. The minimum absolute atomic E-state index is 0.147. The lowest BCUT2D eigenvalue weighted by molar-refractivity contribution is 0.484. The summed E-state index contributed by atoms with van der Waals surface area (Å²) in [5.74, 6) is 0.655. The Hall–Kier alpha value is -3.29. The second kappa shape index (κ2) is 7.51. The first-order chi connectivity index (χ1) is 14.6. The van der Waals surface area contributed by atoms with E-state index in [1.807, 2.05) is 17.5 Å². The highest BCUT2D eigenvalue weighted by Crippen LogP contribution is 2.30. The van der Waals surface area contributed by atoms with Crippen molar-refractivity contribution in [2.75, 3.05) is 0 Å². The van der Waals surface area contributed by atoms with Gasteiger partial charge in [0.25, 0.3) is 5.56 Å². The second-order valence-electron chi connectivity index (χ2n) is 6.64. The van der Waals surface area contributed by atoms with Crippen LogP contribution in [0.1, 0.15) is 5.89 Å². The van der Waals surface area contributed by atoms with Crippen LogP contribution in [0.25, 0.3) is 32.7 Å². The molecule has 0 atom stereocenters. The van der Waals surface area contributed by atoms with Crippen LogP contribution in [0.4, 0.5) is 4.39 Å². The van der Waals surface area contributed by atoms with Crippen LogP contribution in [0.3, 0.4) is 0 Å². The molecule has 0 aliphatic heterocycles. The van der Waals surface area contributed by atoms with Crippen LogP contribution in [-0.4, -0.2) is 14.5 Å². The third kappa shape index (κ3) is 3.42. The molecule has 30 heavy (non-hydrogen) atoms. The fourth-order valence-electron chi connectivity index (χ4n) is 3.20. The lowest BCUT2D eigenvalue weighted by atomic mass is 10.1. The van der Waals surface area contributed by atoms with Crippen molar-refractivity contribution >= 4 is 33.2 Å². The number of hydrogen-bond acceptors (Lipinski definition) is 5. The van der Waals surface area contributed by atoms with Gasteiger partial charge in [-0.2, -0.15) is 0 Å². The van der Waals surface area contributed by atoms with Crippen molar-refractivity contribution < 1.29 is 8.81 Å². The van der Waals surface area contributed by atoms with Crippen LogP contribution in [0.2, 0.25) is 5.02 Å². The molecule has 0 fully saturated rings. The number of fused-ring (bicyclic) bond motifs is 1. The van der Waals surface area contributed by atoms with E-state index in [9.17, 15) is 9.18 Å². The topological polar surface area (TPSA) is 60.9 Å². The zero-order valence-corrected chi connectivity index (χ0v) is 17.0. The Kier molecular flexibility index (Phi) is 4.69. The molecule has 3 heterocycles. The molecule has 0 spiro atoms. The first kappa shape index (κ1) is 18.7. The fraction of sp³-hybridized carbons (Fsp3) is 0.0455. The van der Waals surface area contributed by atoms with E-state index in [-0.39, 0.29) is 17.9 Å². The molecule has 5 aromatic rings. The quantitative estimate of drug-likeness (QED) is 0.366. The molecule has 0 aliphatic carbocycles. The van der Waals surface area contributed by atoms with E-state index in [0.29, 0.717) is 26.9 Å². The number of oxazole rings is 1. The van der Waals surface area contributed by atoms with E-state index >= 15 is 0 Å². The molecule has 0 bridgehead atoms. The molecule has 0 N–H and O–H groups in total. The Morgan fingerprint density at radius 1 is 1.03 bits per heavy atom. The largest absolute Gasteiger partial charge is 0.439 e. The summed E-state index contributed by atoms with van der Waals surface area (Å²) >= 11 is 7.30. The van der Waals surface area contributed by atoms with Gasteiger partial charge in [0.15, 0.2) is 5.76 Å². The molecule has 0 saturated heterocycles. The fourth-order valence-corrected chi connectivity index (χ4v) is 4.23. The monoisotopic (exact) mass is 437 g/mol. The third-order valence-corrected chi connectivity index (χ3v) is 5.84. The van der Waals surface area contributed by atoms with Gasteiger partial charge < -0.3 is 4.42 Å². The van der Waals surface area contributed by atoms with Crippen molar-refractivity contribution in [1.82, 2.24) is 14.5 Å². The Morgan fingerprint density at radius 2 is 1.77 bits per heavy atom. The predicted octanol–water partition coefficient (Wildman–Crippen LogP) is 5.62. The van der Waals surface area contributed by atoms with Crippen LogP contribution in [0.15, 0.2) is 75.6 Å². The van der Waals surface area contributed by atoms with Crippen molar-refractivity contribution in [2.24, 2.45) is 0 Å². The molecule has 3 aromatic heterocycles. The number of benzene rings is 2. The maximum Gasteiger partial charge on any atom is 0.263 e. The highest BCUT2D eigenvalue weighted by Gasteiger charge is 2.15. The summed E-state index contributed by atoms with van der Waals surface area (Å²) < 4.78 is 20.5. The molecular weight excluding hydrogens is 425 g/mol. The van der Waals surface area contributed by atoms with Gasteiger partial charge in [-0.1, -0.05) is 23.7 Å². The minimum atomic E-state index is -0.325. The average Bonchev–Trinajstić information content (AvgIpc) is 3.39. The first-order valence-electron chi connectivity index (χ1n) is 9.02. The number of aromatic nitrogens is 3. The number of hydrogen-bond donors (Lipinski definition) is 0. The summed E-state index contributed by atoms with van der Waals surface area (Å²) in [5, 5.41) is 3.00.